The first-order valence-electron chi connectivity index (χ1n) is 8.57. The van der Waals surface area contributed by atoms with Gasteiger partial charge in [0.15, 0.2) is 6.04 Å². The first kappa shape index (κ1) is 20.4. The van der Waals surface area contributed by atoms with Crippen LogP contribution in [0.4, 0.5) is 4.79 Å². The second-order valence-corrected chi connectivity index (χ2v) is 6.04. The number of fused-ring (bicyclic) bond motifs is 3. The highest BCUT2D eigenvalue weighted by Gasteiger charge is 2.29. The van der Waals surface area contributed by atoms with Gasteiger partial charge in [-0.05, 0) is 36.3 Å². The SMILES string of the molecule is CNC.O=C(NC(CO)C(=O)O)OCC1c2ccccc2-c2ccccc21. The van der Waals surface area contributed by atoms with Crippen molar-refractivity contribution >= 4 is 12.1 Å². The smallest absolute Gasteiger partial charge is 0.407 e. The molecule has 7 heteroatoms. The monoisotopic (exact) mass is 372 g/mol. The van der Waals surface area contributed by atoms with Gasteiger partial charge in [0, 0.05) is 5.92 Å². The molecular weight excluding hydrogens is 348 g/mol. The Morgan fingerprint density at radius 2 is 1.52 bits per heavy atom. The van der Waals surface area contributed by atoms with Crippen molar-refractivity contribution in [3.8, 4) is 11.1 Å². The lowest BCUT2D eigenvalue weighted by atomic mass is 9.98. The molecule has 3 rings (SSSR count). The Labute approximate surface area is 158 Å². The van der Waals surface area contributed by atoms with Gasteiger partial charge in [0.1, 0.15) is 6.61 Å². The molecule has 2 aromatic carbocycles. The first-order valence-corrected chi connectivity index (χ1v) is 8.57. The molecule has 0 bridgehead atoms. The molecule has 0 heterocycles. The zero-order chi connectivity index (χ0) is 19.8. The van der Waals surface area contributed by atoms with Crippen molar-refractivity contribution < 1.29 is 24.5 Å². The number of ether oxygens (including phenoxy) is 1. The molecular formula is C20H24N2O5. The number of rotatable bonds is 5. The average molecular weight is 372 g/mol. The lowest BCUT2D eigenvalue weighted by molar-refractivity contribution is -0.140. The second-order valence-electron chi connectivity index (χ2n) is 6.04. The Bertz CT molecular complexity index is 748. The number of nitrogens with one attached hydrogen (secondary N) is 2. The van der Waals surface area contributed by atoms with Crippen molar-refractivity contribution in [2.45, 2.75) is 12.0 Å². The number of alkyl carbamates (subject to hydrolysis) is 1. The summed E-state index contributed by atoms with van der Waals surface area (Å²) in [4.78, 5) is 22.6. The fourth-order valence-electron chi connectivity index (χ4n) is 2.97. The molecule has 2 aromatic rings. The van der Waals surface area contributed by atoms with Crippen molar-refractivity contribution in [2.24, 2.45) is 0 Å². The van der Waals surface area contributed by atoms with E-state index in [0.29, 0.717) is 0 Å². The molecule has 1 atom stereocenters. The van der Waals surface area contributed by atoms with E-state index >= 15 is 0 Å². The number of carbonyl (C=O) groups excluding carboxylic acids is 1. The van der Waals surface area contributed by atoms with Crippen LogP contribution in [0.1, 0.15) is 17.0 Å². The molecule has 27 heavy (non-hydrogen) atoms. The Morgan fingerprint density at radius 1 is 1.04 bits per heavy atom. The number of carboxylic acid groups (broad SMARTS) is 1. The molecule has 1 amide bonds. The van der Waals surface area contributed by atoms with Gasteiger partial charge >= 0.3 is 12.1 Å². The van der Waals surface area contributed by atoms with E-state index in [0.717, 1.165) is 22.3 Å². The standard InChI is InChI=1S/C18H17NO5.C2H7N/c20-9-16(17(21)22)19-18(23)24-10-15-13-7-3-1-5-11(13)12-6-2-4-8-14(12)15;1-3-2/h1-8,15-16,20H,9-10H2,(H,19,23)(H,21,22);3H,1-2H3. The maximum Gasteiger partial charge on any atom is 0.407 e. The third-order valence-electron chi connectivity index (χ3n) is 4.12. The molecule has 1 unspecified atom stereocenters. The van der Waals surface area contributed by atoms with Crippen molar-refractivity contribution in [1.82, 2.24) is 10.6 Å². The van der Waals surface area contributed by atoms with Crippen LogP contribution in [0.2, 0.25) is 0 Å². The van der Waals surface area contributed by atoms with Gasteiger partial charge in [0.25, 0.3) is 0 Å². The highest BCUT2D eigenvalue weighted by atomic mass is 16.5. The van der Waals surface area contributed by atoms with Crippen LogP contribution in [0.15, 0.2) is 48.5 Å². The molecule has 0 radical (unpaired) electrons. The van der Waals surface area contributed by atoms with Crippen LogP contribution in [-0.2, 0) is 9.53 Å². The average Bonchev–Trinajstić information content (AvgIpc) is 2.99. The Hall–Kier alpha value is -2.90. The fourth-order valence-corrected chi connectivity index (χ4v) is 2.97. The predicted octanol–water partition coefficient (Wildman–Crippen LogP) is 1.81. The Kier molecular flexibility index (Phi) is 7.34. The zero-order valence-corrected chi connectivity index (χ0v) is 15.3. The number of amides is 1. The van der Waals surface area contributed by atoms with Gasteiger partial charge < -0.3 is 25.6 Å². The summed E-state index contributed by atoms with van der Waals surface area (Å²) < 4.78 is 5.20. The van der Waals surface area contributed by atoms with E-state index in [-0.39, 0.29) is 12.5 Å². The summed E-state index contributed by atoms with van der Waals surface area (Å²) >= 11 is 0. The third-order valence-corrected chi connectivity index (χ3v) is 4.12. The van der Waals surface area contributed by atoms with Crippen LogP contribution in [0, 0.1) is 0 Å². The van der Waals surface area contributed by atoms with Gasteiger partial charge in [0.05, 0.1) is 6.61 Å². The highest BCUT2D eigenvalue weighted by molar-refractivity contribution is 5.81. The van der Waals surface area contributed by atoms with Gasteiger partial charge in [-0.15, -0.1) is 0 Å². The first-order chi connectivity index (χ1) is 13.0. The molecule has 0 spiro atoms. The minimum absolute atomic E-state index is 0.0949. The summed E-state index contributed by atoms with van der Waals surface area (Å²) in [6.45, 7) is -0.600. The molecule has 0 saturated heterocycles. The van der Waals surface area contributed by atoms with Gasteiger partial charge in [-0.25, -0.2) is 9.59 Å². The quantitative estimate of drug-likeness (QED) is 0.638. The van der Waals surface area contributed by atoms with Crippen molar-refractivity contribution in [1.29, 1.82) is 0 Å². The van der Waals surface area contributed by atoms with E-state index in [1.165, 1.54) is 0 Å². The largest absolute Gasteiger partial charge is 0.480 e. The topological polar surface area (TPSA) is 108 Å². The molecule has 0 aromatic heterocycles. The minimum Gasteiger partial charge on any atom is -0.480 e. The lowest BCUT2D eigenvalue weighted by Gasteiger charge is -2.16. The van der Waals surface area contributed by atoms with Crippen LogP contribution in [0.3, 0.4) is 0 Å². The molecule has 144 valence electrons. The van der Waals surface area contributed by atoms with E-state index in [1.54, 1.807) is 0 Å². The molecule has 0 aliphatic heterocycles. The van der Waals surface area contributed by atoms with Gasteiger partial charge in [-0.2, -0.15) is 0 Å². The summed E-state index contributed by atoms with van der Waals surface area (Å²) in [6, 6.07) is 14.5. The Morgan fingerprint density at radius 3 is 1.96 bits per heavy atom. The van der Waals surface area contributed by atoms with E-state index in [4.69, 9.17) is 14.9 Å². The van der Waals surface area contributed by atoms with Gasteiger partial charge in [0.2, 0.25) is 0 Å². The maximum atomic E-state index is 11.8. The fraction of sp³-hybridized carbons (Fsp3) is 0.300. The molecule has 0 saturated carbocycles. The number of aliphatic hydroxyl groups is 1. The molecule has 1 aliphatic rings. The number of hydrogen-bond acceptors (Lipinski definition) is 5. The number of hydrogen-bond donors (Lipinski definition) is 4. The normalized spacial score (nSPS) is 12.9. The van der Waals surface area contributed by atoms with E-state index in [2.05, 4.69) is 10.6 Å². The number of carboxylic acids is 1. The van der Waals surface area contributed by atoms with Crippen LogP contribution in [0.25, 0.3) is 11.1 Å². The Balaban J connectivity index is 0.000000817. The molecule has 7 nitrogen and oxygen atoms in total. The minimum atomic E-state index is -1.37. The highest BCUT2D eigenvalue weighted by Crippen LogP contribution is 2.44. The third kappa shape index (κ3) is 4.84. The molecule has 1 aliphatic carbocycles. The van der Waals surface area contributed by atoms with Crippen LogP contribution >= 0.6 is 0 Å². The van der Waals surface area contributed by atoms with Crippen LogP contribution in [-0.4, -0.2) is 55.6 Å². The van der Waals surface area contributed by atoms with E-state index in [9.17, 15) is 9.59 Å². The van der Waals surface area contributed by atoms with Crippen molar-refractivity contribution in [3.63, 3.8) is 0 Å². The zero-order valence-electron chi connectivity index (χ0n) is 15.3. The number of benzene rings is 2. The van der Waals surface area contributed by atoms with Crippen molar-refractivity contribution in [2.75, 3.05) is 27.3 Å². The maximum absolute atomic E-state index is 11.8. The summed E-state index contributed by atoms with van der Waals surface area (Å²) in [5, 5.41) is 22.6. The molecule has 4 N–H and O–H groups in total. The summed E-state index contributed by atoms with van der Waals surface area (Å²) in [6.07, 6.45) is -0.863. The van der Waals surface area contributed by atoms with Gasteiger partial charge in [-0.1, -0.05) is 48.5 Å². The summed E-state index contributed by atoms with van der Waals surface area (Å²) in [7, 11) is 3.75. The number of aliphatic hydroxyl groups excluding tert-OH is 1. The summed E-state index contributed by atoms with van der Waals surface area (Å²) in [5.41, 5.74) is 4.37. The van der Waals surface area contributed by atoms with Crippen molar-refractivity contribution in [3.05, 3.63) is 59.7 Å². The number of carbonyl (C=O) groups is 2. The summed E-state index contributed by atoms with van der Waals surface area (Å²) in [5.74, 6) is -1.41. The number of aliphatic carboxylic acids is 1. The van der Waals surface area contributed by atoms with Crippen LogP contribution < -0.4 is 10.6 Å². The van der Waals surface area contributed by atoms with Gasteiger partial charge in [-0.3, -0.25) is 0 Å². The lowest BCUT2D eigenvalue weighted by Crippen LogP contribution is -2.43. The predicted molar refractivity (Wildman–Crippen MR) is 102 cm³/mol. The van der Waals surface area contributed by atoms with E-state index < -0.39 is 24.7 Å². The van der Waals surface area contributed by atoms with E-state index in [1.807, 2.05) is 62.6 Å². The second kappa shape index (κ2) is 9.70. The van der Waals surface area contributed by atoms with Crippen LogP contribution in [0.5, 0.6) is 0 Å². The molecule has 0 fully saturated rings.